The Morgan fingerprint density at radius 3 is 1.89 bits per heavy atom. The van der Waals surface area contributed by atoms with Crippen molar-refractivity contribution in [2.75, 3.05) is 13.2 Å². The summed E-state index contributed by atoms with van der Waals surface area (Å²) in [5.74, 6) is 0.769. The van der Waals surface area contributed by atoms with E-state index in [1.54, 1.807) is 25.1 Å². The minimum atomic E-state index is -0.900. The van der Waals surface area contributed by atoms with Crippen molar-refractivity contribution in [3.8, 4) is 11.5 Å². The Bertz CT molecular complexity index is 1120. The van der Waals surface area contributed by atoms with Gasteiger partial charge in [0.1, 0.15) is 11.5 Å². The van der Waals surface area contributed by atoms with Crippen LogP contribution in [0.4, 0.5) is 0 Å². The molecule has 2 aromatic carbocycles. The Hall–Kier alpha value is -3.60. The molecule has 0 amide bonds. The molecule has 0 radical (unpaired) electrons. The van der Waals surface area contributed by atoms with Gasteiger partial charge in [-0.05, 0) is 91.4 Å². The molecule has 0 saturated heterocycles. The number of nitrogens with zero attached hydrogens (tertiary/aromatic N) is 1. The normalized spacial score (nSPS) is 11.4. The van der Waals surface area contributed by atoms with Crippen LogP contribution in [0.25, 0.3) is 11.6 Å². The molecular formula is C32H39NO4. The Morgan fingerprint density at radius 2 is 1.32 bits per heavy atom. The van der Waals surface area contributed by atoms with Crippen LogP contribution in [0.1, 0.15) is 85.3 Å². The van der Waals surface area contributed by atoms with Crippen LogP contribution >= 0.6 is 0 Å². The second-order valence-electron chi connectivity index (χ2n) is 9.44. The molecule has 3 aromatic rings. The van der Waals surface area contributed by atoms with E-state index in [9.17, 15) is 4.79 Å². The highest BCUT2D eigenvalue weighted by molar-refractivity contribution is 5.89. The predicted molar refractivity (Wildman–Crippen MR) is 150 cm³/mol. The van der Waals surface area contributed by atoms with Gasteiger partial charge in [0, 0.05) is 12.4 Å². The van der Waals surface area contributed by atoms with Crippen LogP contribution in [0.15, 0.2) is 67.0 Å². The zero-order valence-corrected chi connectivity index (χ0v) is 22.1. The molecule has 0 unspecified atom stereocenters. The third-order valence-corrected chi connectivity index (χ3v) is 6.40. The van der Waals surface area contributed by atoms with Crippen molar-refractivity contribution in [2.45, 2.75) is 65.2 Å². The van der Waals surface area contributed by atoms with Gasteiger partial charge in [0.15, 0.2) is 0 Å². The van der Waals surface area contributed by atoms with Crippen molar-refractivity contribution >= 4 is 17.6 Å². The van der Waals surface area contributed by atoms with Crippen LogP contribution in [0.2, 0.25) is 0 Å². The van der Waals surface area contributed by atoms with Crippen molar-refractivity contribution in [1.29, 1.82) is 0 Å². The number of carboxylic acids is 1. The maximum absolute atomic E-state index is 11.1. The Labute approximate surface area is 221 Å². The summed E-state index contributed by atoms with van der Waals surface area (Å²) in [7, 11) is 0. The van der Waals surface area contributed by atoms with Crippen molar-refractivity contribution in [3.05, 3.63) is 89.2 Å². The van der Waals surface area contributed by atoms with Crippen LogP contribution in [0.5, 0.6) is 11.5 Å². The number of benzene rings is 2. The zero-order valence-electron chi connectivity index (χ0n) is 22.1. The number of allylic oxidation sites excluding steroid dienone is 1. The standard InChI is InChI=1S/C32H39NO4/c1-25(28-17-19-33-20-18-28)23-27-11-13-29(14-12-27)36-21-9-7-5-3-4-6-8-10-22-37-30-15-16-31(32(34)35)26(2)24-30/h11-20,23-24H,3-10,21-22H2,1-2H3,(H,34,35)/b25-23-. The van der Waals surface area contributed by atoms with Gasteiger partial charge in [-0.1, -0.05) is 56.7 Å². The lowest BCUT2D eigenvalue weighted by Gasteiger charge is -2.08. The predicted octanol–water partition coefficient (Wildman–Crippen LogP) is 8.23. The molecule has 1 heterocycles. The highest BCUT2D eigenvalue weighted by atomic mass is 16.5. The molecular weight excluding hydrogens is 462 g/mol. The first-order valence-corrected chi connectivity index (χ1v) is 13.3. The van der Waals surface area contributed by atoms with E-state index in [4.69, 9.17) is 14.6 Å². The van der Waals surface area contributed by atoms with Gasteiger partial charge in [-0.3, -0.25) is 4.98 Å². The van der Waals surface area contributed by atoms with Gasteiger partial charge in [-0.15, -0.1) is 0 Å². The fourth-order valence-corrected chi connectivity index (χ4v) is 4.22. The summed E-state index contributed by atoms with van der Waals surface area (Å²) in [4.78, 5) is 15.1. The summed E-state index contributed by atoms with van der Waals surface area (Å²) in [5, 5.41) is 9.09. The molecule has 5 heteroatoms. The van der Waals surface area contributed by atoms with E-state index in [2.05, 4.69) is 30.1 Å². The lowest BCUT2D eigenvalue weighted by molar-refractivity contribution is 0.0696. The summed E-state index contributed by atoms with van der Waals surface area (Å²) in [6, 6.07) is 17.5. The molecule has 3 rings (SSSR count). The highest BCUT2D eigenvalue weighted by Gasteiger charge is 2.07. The minimum absolute atomic E-state index is 0.328. The summed E-state index contributed by atoms with van der Waals surface area (Å²) < 4.78 is 11.7. The zero-order chi connectivity index (χ0) is 26.3. The highest BCUT2D eigenvalue weighted by Crippen LogP contribution is 2.20. The third kappa shape index (κ3) is 10.1. The molecule has 5 nitrogen and oxygen atoms in total. The van der Waals surface area contributed by atoms with Crippen LogP contribution < -0.4 is 9.47 Å². The maximum atomic E-state index is 11.1. The molecule has 196 valence electrons. The van der Waals surface area contributed by atoms with E-state index in [-0.39, 0.29) is 0 Å². The Kier molecular flexibility index (Phi) is 11.7. The van der Waals surface area contributed by atoms with E-state index in [0.29, 0.717) is 12.2 Å². The maximum Gasteiger partial charge on any atom is 0.335 e. The monoisotopic (exact) mass is 501 g/mol. The van der Waals surface area contributed by atoms with E-state index in [1.165, 1.54) is 43.2 Å². The number of aromatic carboxylic acids is 1. The van der Waals surface area contributed by atoms with E-state index < -0.39 is 5.97 Å². The SMILES string of the molecule is C/C(=C/c1ccc(OCCCCCCCCCCOc2ccc(C(=O)O)c(C)c2)cc1)c1ccncc1. The lowest BCUT2D eigenvalue weighted by Crippen LogP contribution is -2.02. The smallest absolute Gasteiger partial charge is 0.335 e. The Balaban J connectivity index is 1.18. The van der Waals surface area contributed by atoms with Crippen LogP contribution in [0.3, 0.4) is 0 Å². The average Bonchev–Trinajstić information content (AvgIpc) is 2.90. The van der Waals surface area contributed by atoms with Crippen molar-refractivity contribution in [2.24, 2.45) is 0 Å². The fraction of sp³-hybridized carbons (Fsp3) is 0.375. The molecule has 0 saturated carbocycles. The topological polar surface area (TPSA) is 68.7 Å². The fourth-order valence-electron chi connectivity index (χ4n) is 4.22. The number of aryl methyl sites for hydroxylation is 1. The number of aromatic nitrogens is 1. The first kappa shape index (κ1) is 28.0. The van der Waals surface area contributed by atoms with E-state index >= 15 is 0 Å². The lowest BCUT2D eigenvalue weighted by atomic mass is 10.1. The van der Waals surface area contributed by atoms with E-state index in [1.807, 2.05) is 36.7 Å². The summed E-state index contributed by atoms with van der Waals surface area (Å²) in [5.41, 5.74) is 4.62. The molecule has 0 aliphatic rings. The second kappa shape index (κ2) is 15.5. The van der Waals surface area contributed by atoms with Crippen LogP contribution in [-0.2, 0) is 0 Å². The van der Waals surface area contributed by atoms with E-state index in [0.717, 1.165) is 48.5 Å². The van der Waals surface area contributed by atoms with Crippen molar-refractivity contribution in [1.82, 2.24) is 4.98 Å². The van der Waals surface area contributed by atoms with Gasteiger partial charge in [0.25, 0.3) is 0 Å². The summed E-state index contributed by atoms with van der Waals surface area (Å²) >= 11 is 0. The first-order valence-electron chi connectivity index (χ1n) is 13.3. The largest absolute Gasteiger partial charge is 0.494 e. The molecule has 37 heavy (non-hydrogen) atoms. The van der Waals surface area contributed by atoms with Gasteiger partial charge < -0.3 is 14.6 Å². The molecule has 0 fully saturated rings. The number of hydrogen-bond donors (Lipinski definition) is 1. The number of unbranched alkanes of at least 4 members (excludes halogenated alkanes) is 7. The number of carbonyl (C=O) groups is 1. The van der Waals surface area contributed by atoms with Gasteiger partial charge in [0.05, 0.1) is 18.8 Å². The summed E-state index contributed by atoms with van der Waals surface area (Å²) in [6.07, 6.45) is 15.2. The number of ether oxygens (including phenoxy) is 2. The quantitative estimate of drug-likeness (QED) is 0.200. The molecule has 1 aromatic heterocycles. The van der Waals surface area contributed by atoms with Gasteiger partial charge in [-0.25, -0.2) is 4.79 Å². The van der Waals surface area contributed by atoms with Crippen LogP contribution in [0, 0.1) is 6.92 Å². The molecule has 1 N–H and O–H groups in total. The van der Waals surface area contributed by atoms with Crippen molar-refractivity contribution < 1.29 is 19.4 Å². The summed E-state index contributed by atoms with van der Waals surface area (Å²) in [6.45, 7) is 5.34. The Morgan fingerprint density at radius 1 is 0.784 bits per heavy atom. The van der Waals surface area contributed by atoms with Gasteiger partial charge in [-0.2, -0.15) is 0 Å². The van der Waals surface area contributed by atoms with Gasteiger partial charge >= 0.3 is 5.97 Å². The van der Waals surface area contributed by atoms with Crippen molar-refractivity contribution in [3.63, 3.8) is 0 Å². The first-order chi connectivity index (χ1) is 18.0. The van der Waals surface area contributed by atoms with Gasteiger partial charge in [0.2, 0.25) is 0 Å². The number of carboxylic acid groups (broad SMARTS) is 1. The molecule has 0 bridgehead atoms. The third-order valence-electron chi connectivity index (χ3n) is 6.40. The molecule has 0 aliphatic heterocycles. The molecule has 0 atom stereocenters. The number of hydrogen-bond acceptors (Lipinski definition) is 4. The molecule has 0 aliphatic carbocycles. The minimum Gasteiger partial charge on any atom is -0.494 e. The molecule has 0 spiro atoms. The number of rotatable bonds is 16. The second-order valence-corrected chi connectivity index (χ2v) is 9.44. The van der Waals surface area contributed by atoms with Crippen LogP contribution in [-0.4, -0.2) is 29.3 Å². The number of pyridine rings is 1. The average molecular weight is 502 g/mol.